The van der Waals surface area contributed by atoms with E-state index < -0.39 is 0 Å². The van der Waals surface area contributed by atoms with Crippen LogP contribution < -0.4 is 10.9 Å². The Kier molecular flexibility index (Phi) is 5.42. The Morgan fingerprint density at radius 2 is 1.67 bits per heavy atom. The summed E-state index contributed by atoms with van der Waals surface area (Å²) in [6, 6.07) is 21.1. The van der Waals surface area contributed by atoms with Gasteiger partial charge in [-0.3, -0.25) is 9.59 Å². The molecule has 1 amide bonds. The van der Waals surface area contributed by atoms with Crippen LogP contribution in [-0.4, -0.2) is 15.7 Å². The summed E-state index contributed by atoms with van der Waals surface area (Å²) < 4.78 is 1.20. The number of rotatable bonds is 4. The van der Waals surface area contributed by atoms with Crippen molar-refractivity contribution in [3.63, 3.8) is 0 Å². The molecule has 4 aromatic rings. The fraction of sp³-hybridized carbons (Fsp3) is 0.125. The maximum atomic E-state index is 12.8. The lowest BCUT2D eigenvalue weighted by Crippen LogP contribution is -2.25. The van der Waals surface area contributed by atoms with Gasteiger partial charge in [-0.05, 0) is 55.8 Å². The van der Waals surface area contributed by atoms with Crippen LogP contribution >= 0.6 is 11.8 Å². The number of benzene rings is 3. The molecule has 0 fully saturated rings. The number of anilines is 1. The number of amides is 1. The van der Waals surface area contributed by atoms with Crippen molar-refractivity contribution in [2.45, 2.75) is 23.6 Å². The fourth-order valence-corrected chi connectivity index (χ4v) is 4.19. The van der Waals surface area contributed by atoms with E-state index in [0.29, 0.717) is 16.5 Å². The first-order chi connectivity index (χ1) is 14.4. The lowest BCUT2D eigenvalue weighted by Gasteiger charge is -2.10. The van der Waals surface area contributed by atoms with Gasteiger partial charge in [-0.1, -0.05) is 47.7 Å². The Labute approximate surface area is 178 Å². The van der Waals surface area contributed by atoms with Crippen LogP contribution in [0.5, 0.6) is 0 Å². The number of fused-ring (bicyclic) bond motifs is 1. The first kappa shape index (κ1) is 19.9. The summed E-state index contributed by atoms with van der Waals surface area (Å²) in [4.78, 5) is 27.4. The smallest absolute Gasteiger partial charge is 0.276 e. The summed E-state index contributed by atoms with van der Waals surface area (Å²) in [5.41, 5.74) is 3.15. The molecule has 1 heterocycles. The average molecular weight is 416 g/mol. The Morgan fingerprint density at radius 1 is 0.967 bits per heavy atom. The number of aromatic nitrogens is 2. The zero-order valence-corrected chi connectivity index (χ0v) is 17.8. The minimum atomic E-state index is -0.350. The normalized spacial score (nSPS) is 10.9. The first-order valence-corrected chi connectivity index (χ1v) is 10.4. The summed E-state index contributed by atoms with van der Waals surface area (Å²) in [5, 5.41) is 8.07. The Balaban J connectivity index is 1.55. The van der Waals surface area contributed by atoms with Gasteiger partial charge >= 0.3 is 0 Å². The second kappa shape index (κ2) is 8.16. The lowest BCUT2D eigenvalue weighted by atomic mass is 10.1. The number of nitrogens with zero attached hydrogens (tertiary/aromatic N) is 2. The standard InChI is InChI=1S/C24H21N3O2S/c1-15-8-13-21(16(2)14-15)30-18-11-9-17(10-12-18)25-23(28)22-19-6-4-5-7-20(19)24(29)27(3)26-22/h4-14H,1-3H3,(H,25,28). The number of hydrogen-bond acceptors (Lipinski definition) is 4. The van der Waals surface area contributed by atoms with Crippen molar-refractivity contribution in [2.24, 2.45) is 7.05 Å². The molecule has 150 valence electrons. The van der Waals surface area contributed by atoms with Gasteiger partial charge in [-0.2, -0.15) is 5.10 Å². The third-order valence-electron chi connectivity index (χ3n) is 4.84. The van der Waals surface area contributed by atoms with Crippen LogP contribution in [0.25, 0.3) is 10.8 Å². The molecule has 0 bridgehead atoms. The van der Waals surface area contributed by atoms with Crippen LogP contribution in [0.4, 0.5) is 5.69 Å². The van der Waals surface area contributed by atoms with Gasteiger partial charge in [0.15, 0.2) is 5.69 Å². The highest BCUT2D eigenvalue weighted by Gasteiger charge is 2.15. The molecule has 0 radical (unpaired) electrons. The van der Waals surface area contributed by atoms with E-state index >= 15 is 0 Å². The summed E-state index contributed by atoms with van der Waals surface area (Å²) in [5.74, 6) is -0.350. The van der Waals surface area contributed by atoms with Crippen LogP contribution in [0.3, 0.4) is 0 Å². The van der Waals surface area contributed by atoms with E-state index in [2.05, 4.69) is 42.5 Å². The van der Waals surface area contributed by atoms with Crippen LogP contribution in [-0.2, 0) is 7.05 Å². The summed E-state index contributed by atoms with van der Waals surface area (Å²) >= 11 is 1.69. The first-order valence-electron chi connectivity index (χ1n) is 9.55. The number of carbonyl (C=O) groups is 1. The molecule has 0 unspecified atom stereocenters. The van der Waals surface area contributed by atoms with Gasteiger partial charge in [-0.25, -0.2) is 4.68 Å². The molecular formula is C24H21N3O2S. The molecule has 5 nitrogen and oxygen atoms in total. The maximum absolute atomic E-state index is 12.8. The summed E-state index contributed by atoms with van der Waals surface area (Å²) in [6.07, 6.45) is 0. The second-order valence-electron chi connectivity index (χ2n) is 7.17. The van der Waals surface area contributed by atoms with E-state index in [1.165, 1.54) is 20.7 Å². The van der Waals surface area contributed by atoms with Crippen molar-refractivity contribution in [3.8, 4) is 0 Å². The molecule has 0 aliphatic rings. The molecule has 0 aliphatic carbocycles. The molecule has 0 atom stereocenters. The van der Waals surface area contributed by atoms with Gasteiger partial charge in [0.25, 0.3) is 11.5 Å². The minimum absolute atomic E-state index is 0.224. The number of nitrogens with one attached hydrogen (secondary N) is 1. The number of carbonyl (C=O) groups excluding carboxylic acids is 1. The van der Waals surface area contributed by atoms with Crippen LogP contribution in [0.1, 0.15) is 21.6 Å². The van der Waals surface area contributed by atoms with Crippen molar-refractivity contribution >= 4 is 34.1 Å². The molecule has 0 spiro atoms. The molecule has 0 saturated heterocycles. The Morgan fingerprint density at radius 3 is 2.37 bits per heavy atom. The summed E-state index contributed by atoms with van der Waals surface area (Å²) in [7, 11) is 1.55. The molecule has 6 heteroatoms. The van der Waals surface area contributed by atoms with E-state index in [1.807, 2.05) is 24.3 Å². The molecule has 3 aromatic carbocycles. The van der Waals surface area contributed by atoms with Gasteiger partial charge in [0, 0.05) is 27.9 Å². The largest absolute Gasteiger partial charge is 0.321 e. The minimum Gasteiger partial charge on any atom is -0.321 e. The zero-order valence-electron chi connectivity index (χ0n) is 17.0. The second-order valence-corrected chi connectivity index (χ2v) is 8.29. The monoisotopic (exact) mass is 415 g/mol. The van der Waals surface area contributed by atoms with Gasteiger partial charge in [0.05, 0.1) is 5.39 Å². The van der Waals surface area contributed by atoms with E-state index in [4.69, 9.17) is 0 Å². The Hall–Kier alpha value is -3.38. The van der Waals surface area contributed by atoms with Gasteiger partial charge in [-0.15, -0.1) is 0 Å². The van der Waals surface area contributed by atoms with Crippen molar-refractivity contribution in [1.29, 1.82) is 0 Å². The fourth-order valence-electron chi connectivity index (χ4n) is 3.30. The molecular weight excluding hydrogens is 394 g/mol. The van der Waals surface area contributed by atoms with E-state index in [-0.39, 0.29) is 17.2 Å². The number of aryl methyl sites for hydroxylation is 3. The van der Waals surface area contributed by atoms with Crippen molar-refractivity contribution in [3.05, 3.63) is 93.9 Å². The highest BCUT2D eigenvalue weighted by molar-refractivity contribution is 7.99. The third kappa shape index (κ3) is 4.00. The molecule has 0 aliphatic heterocycles. The van der Waals surface area contributed by atoms with E-state index in [1.54, 1.807) is 43.1 Å². The highest BCUT2D eigenvalue weighted by Crippen LogP contribution is 2.31. The molecule has 1 aromatic heterocycles. The third-order valence-corrected chi connectivity index (χ3v) is 6.03. The van der Waals surface area contributed by atoms with Gasteiger partial charge in [0.2, 0.25) is 0 Å². The maximum Gasteiger partial charge on any atom is 0.276 e. The predicted octanol–water partition coefficient (Wildman–Crippen LogP) is 4.95. The predicted molar refractivity (Wildman–Crippen MR) is 121 cm³/mol. The van der Waals surface area contributed by atoms with Crippen LogP contribution in [0, 0.1) is 13.8 Å². The van der Waals surface area contributed by atoms with Crippen molar-refractivity contribution in [2.75, 3.05) is 5.32 Å². The molecule has 30 heavy (non-hydrogen) atoms. The number of hydrogen-bond donors (Lipinski definition) is 1. The van der Waals surface area contributed by atoms with Gasteiger partial charge in [0.1, 0.15) is 0 Å². The summed E-state index contributed by atoms with van der Waals surface area (Å²) in [6.45, 7) is 4.19. The van der Waals surface area contributed by atoms with E-state index in [0.717, 1.165) is 4.90 Å². The van der Waals surface area contributed by atoms with Crippen LogP contribution in [0.2, 0.25) is 0 Å². The molecule has 0 saturated carbocycles. The molecule has 1 N–H and O–H groups in total. The van der Waals surface area contributed by atoms with E-state index in [9.17, 15) is 9.59 Å². The average Bonchev–Trinajstić information content (AvgIpc) is 2.74. The SMILES string of the molecule is Cc1ccc(Sc2ccc(NC(=O)c3nn(C)c(=O)c4ccccc34)cc2)c(C)c1. The van der Waals surface area contributed by atoms with Crippen LogP contribution in [0.15, 0.2) is 81.3 Å². The molecule has 4 rings (SSSR count). The lowest BCUT2D eigenvalue weighted by molar-refractivity contribution is 0.102. The van der Waals surface area contributed by atoms with Crippen molar-refractivity contribution < 1.29 is 4.79 Å². The highest BCUT2D eigenvalue weighted by atomic mass is 32.2. The zero-order chi connectivity index (χ0) is 21.3. The Bertz CT molecular complexity index is 1310. The quantitative estimate of drug-likeness (QED) is 0.512. The van der Waals surface area contributed by atoms with Gasteiger partial charge < -0.3 is 5.32 Å². The van der Waals surface area contributed by atoms with Crippen molar-refractivity contribution in [1.82, 2.24) is 9.78 Å². The topological polar surface area (TPSA) is 64.0 Å².